The highest BCUT2D eigenvalue weighted by atomic mass is 79.9. The molecule has 0 bridgehead atoms. The van der Waals surface area contributed by atoms with Gasteiger partial charge in [-0.1, -0.05) is 97.1 Å². The van der Waals surface area contributed by atoms with Crippen LogP contribution in [0.15, 0.2) is 8.96 Å². The first-order chi connectivity index (χ1) is 9.54. The van der Waals surface area contributed by atoms with E-state index < -0.39 is 12.2 Å². The Morgan fingerprint density at radius 2 is 1.05 bits per heavy atom. The van der Waals surface area contributed by atoms with Crippen LogP contribution in [0.4, 0.5) is 0 Å². The van der Waals surface area contributed by atoms with E-state index in [1.54, 1.807) is 0 Å². The molecule has 0 aliphatic rings. The molecule has 0 spiro atoms. The third kappa shape index (κ3) is 9.54. The largest absolute Gasteiger partial charge is 0.388 e. The van der Waals surface area contributed by atoms with E-state index in [-0.39, 0.29) is 0 Å². The third-order valence-corrected chi connectivity index (χ3v) is 5.92. The molecule has 0 aromatic rings. The summed E-state index contributed by atoms with van der Waals surface area (Å²) in [5.41, 5.74) is 0. The average Bonchev–Trinajstić information content (AvgIpc) is 2.46. The van der Waals surface area contributed by atoms with E-state index in [9.17, 15) is 10.2 Å². The van der Waals surface area contributed by atoms with Gasteiger partial charge in [0.1, 0.15) is 0 Å². The molecule has 0 heterocycles. The van der Waals surface area contributed by atoms with Gasteiger partial charge in [-0.2, -0.15) is 0 Å². The smallest absolute Gasteiger partial charge is 0.0863 e. The van der Waals surface area contributed by atoms with Crippen molar-refractivity contribution in [2.75, 3.05) is 0 Å². The molecule has 0 saturated carbocycles. The summed E-state index contributed by atoms with van der Waals surface area (Å²) in [5, 5.41) is 20.2. The van der Waals surface area contributed by atoms with Crippen LogP contribution in [0.1, 0.15) is 78.1 Å². The molecular formula is C16H30Br2O2. The van der Waals surface area contributed by atoms with E-state index in [0.717, 1.165) is 38.5 Å². The first-order valence-electron chi connectivity index (χ1n) is 7.95. The Kier molecular flexibility index (Phi) is 13.7. The molecule has 0 fully saturated rings. The fourth-order valence-corrected chi connectivity index (χ4v) is 3.09. The van der Waals surface area contributed by atoms with E-state index in [1.165, 1.54) is 25.7 Å². The van der Waals surface area contributed by atoms with Gasteiger partial charge in [-0.05, 0) is 12.8 Å². The SMILES string of the molecule is CCCCCCC(O)/C(Br)=C(\Br)C(O)CCCCCC. The third-order valence-electron chi connectivity index (χ3n) is 3.48. The minimum atomic E-state index is -0.508. The number of rotatable bonds is 12. The van der Waals surface area contributed by atoms with Gasteiger partial charge in [0.2, 0.25) is 0 Å². The minimum Gasteiger partial charge on any atom is -0.388 e. The lowest BCUT2D eigenvalue weighted by molar-refractivity contribution is 0.188. The lowest BCUT2D eigenvalue weighted by Gasteiger charge is -2.16. The molecule has 20 heavy (non-hydrogen) atoms. The summed E-state index contributed by atoms with van der Waals surface area (Å²) in [6.07, 6.45) is 9.68. The quantitative estimate of drug-likeness (QED) is 0.405. The van der Waals surface area contributed by atoms with Crippen LogP contribution in [-0.2, 0) is 0 Å². The van der Waals surface area contributed by atoms with E-state index in [1.807, 2.05) is 0 Å². The zero-order chi connectivity index (χ0) is 15.4. The number of aliphatic hydroxyl groups excluding tert-OH is 2. The highest BCUT2D eigenvalue weighted by Gasteiger charge is 2.17. The number of hydrogen-bond donors (Lipinski definition) is 2. The molecule has 0 saturated heterocycles. The summed E-state index contributed by atoms with van der Waals surface area (Å²) in [7, 11) is 0. The van der Waals surface area contributed by atoms with Crippen LogP contribution in [0, 0.1) is 0 Å². The van der Waals surface area contributed by atoms with Crippen molar-refractivity contribution >= 4 is 31.9 Å². The van der Waals surface area contributed by atoms with Crippen molar-refractivity contribution in [1.29, 1.82) is 0 Å². The summed E-state index contributed by atoms with van der Waals surface area (Å²) < 4.78 is 1.41. The Morgan fingerprint density at radius 1 is 0.700 bits per heavy atom. The number of unbranched alkanes of at least 4 members (excludes halogenated alkanes) is 6. The van der Waals surface area contributed by atoms with Crippen LogP contribution in [0.5, 0.6) is 0 Å². The molecule has 0 amide bonds. The van der Waals surface area contributed by atoms with E-state index in [4.69, 9.17) is 0 Å². The van der Waals surface area contributed by atoms with Gasteiger partial charge >= 0.3 is 0 Å². The van der Waals surface area contributed by atoms with E-state index in [2.05, 4.69) is 45.7 Å². The molecule has 2 N–H and O–H groups in total. The Labute approximate surface area is 141 Å². The van der Waals surface area contributed by atoms with Crippen molar-refractivity contribution < 1.29 is 10.2 Å². The molecule has 0 aromatic carbocycles. The maximum atomic E-state index is 10.1. The molecule has 0 aliphatic heterocycles. The molecule has 2 atom stereocenters. The van der Waals surface area contributed by atoms with Crippen molar-refractivity contribution in [2.24, 2.45) is 0 Å². The predicted molar refractivity (Wildman–Crippen MR) is 94.4 cm³/mol. The van der Waals surface area contributed by atoms with Gasteiger partial charge in [-0.3, -0.25) is 0 Å². The molecule has 4 heteroatoms. The highest BCUT2D eigenvalue weighted by Crippen LogP contribution is 2.29. The molecule has 0 rings (SSSR count). The maximum absolute atomic E-state index is 10.1. The average molecular weight is 414 g/mol. The van der Waals surface area contributed by atoms with Gasteiger partial charge in [-0.15, -0.1) is 0 Å². The Morgan fingerprint density at radius 3 is 1.35 bits per heavy atom. The number of halogens is 2. The van der Waals surface area contributed by atoms with Crippen molar-refractivity contribution in [3.05, 3.63) is 8.96 Å². The predicted octanol–water partition coefficient (Wildman–Crippen LogP) is 5.65. The second-order valence-electron chi connectivity index (χ2n) is 5.43. The monoisotopic (exact) mass is 412 g/mol. The lowest BCUT2D eigenvalue weighted by Crippen LogP contribution is -2.14. The Hall–Kier alpha value is 0.620. The molecule has 120 valence electrons. The second kappa shape index (κ2) is 13.3. The standard InChI is InChI=1S/C16H30Br2O2/c1-3-5-7-9-11-13(19)15(17)16(18)14(20)12-10-8-6-4-2/h13-14,19-20H,3-12H2,1-2H3/b16-15+. The van der Waals surface area contributed by atoms with Gasteiger partial charge in [0.15, 0.2) is 0 Å². The zero-order valence-corrected chi connectivity index (χ0v) is 16.0. The Balaban J connectivity index is 4.11. The molecule has 0 aliphatic carbocycles. The van der Waals surface area contributed by atoms with Gasteiger partial charge < -0.3 is 10.2 Å². The summed E-state index contributed by atoms with van der Waals surface area (Å²) in [6, 6.07) is 0. The van der Waals surface area contributed by atoms with Crippen LogP contribution in [0.3, 0.4) is 0 Å². The van der Waals surface area contributed by atoms with Gasteiger partial charge in [0, 0.05) is 8.96 Å². The first-order valence-corrected chi connectivity index (χ1v) is 9.54. The van der Waals surface area contributed by atoms with Gasteiger partial charge in [0.25, 0.3) is 0 Å². The van der Waals surface area contributed by atoms with Crippen LogP contribution < -0.4 is 0 Å². The first kappa shape index (κ1) is 20.6. The second-order valence-corrected chi connectivity index (χ2v) is 7.13. The van der Waals surface area contributed by atoms with Crippen molar-refractivity contribution in [3.8, 4) is 0 Å². The lowest BCUT2D eigenvalue weighted by atomic mass is 10.1. The van der Waals surface area contributed by atoms with Gasteiger partial charge in [-0.25, -0.2) is 0 Å². The summed E-state index contributed by atoms with van der Waals surface area (Å²) in [6.45, 7) is 4.36. The molecule has 0 aromatic heterocycles. The molecule has 2 unspecified atom stereocenters. The van der Waals surface area contributed by atoms with Crippen molar-refractivity contribution in [1.82, 2.24) is 0 Å². The fourth-order valence-electron chi connectivity index (χ4n) is 2.10. The zero-order valence-electron chi connectivity index (χ0n) is 12.9. The van der Waals surface area contributed by atoms with E-state index in [0.29, 0.717) is 8.96 Å². The van der Waals surface area contributed by atoms with Crippen LogP contribution >= 0.6 is 31.9 Å². The van der Waals surface area contributed by atoms with Crippen molar-refractivity contribution in [3.63, 3.8) is 0 Å². The summed E-state index contributed by atoms with van der Waals surface area (Å²) in [4.78, 5) is 0. The van der Waals surface area contributed by atoms with Crippen LogP contribution in [0.25, 0.3) is 0 Å². The Bertz CT molecular complexity index is 241. The van der Waals surface area contributed by atoms with E-state index >= 15 is 0 Å². The van der Waals surface area contributed by atoms with Crippen LogP contribution in [-0.4, -0.2) is 22.4 Å². The molecular weight excluding hydrogens is 384 g/mol. The maximum Gasteiger partial charge on any atom is 0.0863 e. The normalized spacial score (nSPS) is 15.9. The van der Waals surface area contributed by atoms with Gasteiger partial charge in [0.05, 0.1) is 12.2 Å². The van der Waals surface area contributed by atoms with Crippen LogP contribution in [0.2, 0.25) is 0 Å². The number of hydrogen-bond acceptors (Lipinski definition) is 2. The summed E-state index contributed by atoms with van der Waals surface area (Å²) >= 11 is 6.85. The van der Waals surface area contributed by atoms with Crippen molar-refractivity contribution in [2.45, 2.75) is 90.3 Å². The molecule has 0 radical (unpaired) electrons. The summed E-state index contributed by atoms with van der Waals surface area (Å²) in [5.74, 6) is 0. The molecule has 2 nitrogen and oxygen atoms in total. The number of aliphatic hydroxyl groups is 2. The minimum absolute atomic E-state index is 0.508. The topological polar surface area (TPSA) is 40.5 Å². The highest BCUT2D eigenvalue weighted by molar-refractivity contribution is 9.14. The fraction of sp³-hybridized carbons (Fsp3) is 0.875.